The van der Waals surface area contributed by atoms with Gasteiger partial charge >= 0.3 is 22.7 Å². The first-order chi connectivity index (χ1) is 18.8. The molecule has 214 valence electrons. The summed E-state index contributed by atoms with van der Waals surface area (Å²) in [7, 11) is 0. The molecular formula is C18H18N8O14. The second-order valence-electron chi connectivity index (χ2n) is 7.34. The van der Waals surface area contributed by atoms with Crippen molar-refractivity contribution >= 4 is 45.5 Å². The maximum absolute atomic E-state index is 11.2. The Morgan fingerprint density at radius 3 is 0.975 bits per heavy atom. The van der Waals surface area contributed by atoms with Gasteiger partial charge in [-0.15, -0.1) is 0 Å². The van der Waals surface area contributed by atoms with Crippen molar-refractivity contribution in [3.8, 4) is 0 Å². The Morgan fingerprint density at radius 1 is 0.475 bits per heavy atom. The normalized spacial score (nSPS) is 10.5. The molecule has 0 saturated heterocycles. The molecule has 0 aliphatic rings. The van der Waals surface area contributed by atoms with Crippen LogP contribution in [0.1, 0.15) is 0 Å². The molecule has 0 atom stereocenters. The van der Waals surface area contributed by atoms with Crippen molar-refractivity contribution < 1.29 is 39.0 Å². The largest absolute Gasteiger partial charge is 0.377 e. The average Bonchev–Trinajstić information content (AvgIpc) is 2.88. The number of hydrogen-bond acceptors (Lipinski definition) is 16. The molecule has 2 rings (SSSR count). The molecule has 22 nitrogen and oxygen atoms in total. The summed E-state index contributed by atoms with van der Waals surface area (Å²) >= 11 is 0. The second-order valence-corrected chi connectivity index (χ2v) is 7.34. The Kier molecular flexibility index (Phi) is 10.5. The zero-order valence-electron chi connectivity index (χ0n) is 20.0. The van der Waals surface area contributed by atoms with Crippen LogP contribution in [0.4, 0.5) is 45.5 Å². The van der Waals surface area contributed by atoms with Gasteiger partial charge in [0.05, 0.1) is 80.2 Å². The van der Waals surface area contributed by atoms with Crippen LogP contribution in [0.2, 0.25) is 0 Å². The Bertz CT molecular complexity index is 1180. The Morgan fingerprint density at radius 2 is 0.750 bits per heavy atom. The minimum Gasteiger partial charge on any atom is -0.377 e. The van der Waals surface area contributed by atoms with E-state index in [0.29, 0.717) is 24.3 Å². The van der Waals surface area contributed by atoms with E-state index in [1.165, 1.54) is 0 Å². The molecule has 0 spiro atoms. The molecule has 40 heavy (non-hydrogen) atoms. The standard InChI is InChI=1S/C18H18N8O14/c27-21(28)11-7-13(23(31)32)17(14(8-11)24(33)34)19-1-3-39-5-6-40-4-2-20-18-15(25(35)36)9-12(22(29)30)10-16(18)26(37)38/h7-10,19-20H,1-6H2. The van der Waals surface area contributed by atoms with Gasteiger partial charge < -0.3 is 20.1 Å². The lowest BCUT2D eigenvalue weighted by Gasteiger charge is -2.10. The van der Waals surface area contributed by atoms with Gasteiger partial charge in [0.1, 0.15) is 0 Å². The summed E-state index contributed by atoms with van der Waals surface area (Å²) in [5.41, 5.74) is -6.22. The molecule has 0 fully saturated rings. The van der Waals surface area contributed by atoms with Crippen molar-refractivity contribution in [2.45, 2.75) is 0 Å². The number of rotatable bonds is 17. The lowest BCUT2D eigenvalue weighted by Crippen LogP contribution is -2.16. The van der Waals surface area contributed by atoms with E-state index in [4.69, 9.17) is 9.47 Å². The first-order valence-electron chi connectivity index (χ1n) is 10.7. The van der Waals surface area contributed by atoms with E-state index in [2.05, 4.69) is 10.6 Å². The van der Waals surface area contributed by atoms with Crippen LogP contribution in [-0.4, -0.2) is 69.1 Å². The molecule has 22 heteroatoms. The van der Waals surface area contributed by atoms with Crippen LogP contribution >= 0.6 is 0 Å². The third-order valence-electron chi connectivity index (χ3n) is 4.84. The van der Waals surface area contributed by atoms with E-state index < -0.39 is 75.0 Å². The van der Waals surface area contributed by atoms with E-state index >= 15 is 0 Å². The zero-order valence-corrected chi connectivity index (χ0v) is 20.0. The quantitative estimate of drug-likeness (QED) is 0.157. The summed E-state index contributed by atoms with van der Waals surface area (Å²) in [5.74, 6) is 0. The maximum atomic E-state index is 11.2. The molecule has 0 aliphatic heterocycles. The summed E-state index contributed by atoms with van der Waals surface area (Å²) in [6.07, 6.45) is 0. The summed E-state index contributed by atoms with van der Waals surface area (Å²) in [6, 6.07) is 2.33. The van der Waals surface area contributed by atoms with Crippen molar-refractivity contribution in [1.29, 1.82) is 0 Å². The molecule has 2 aromatic rings. The van der Waals surface area contributed by atoms with Crippen LogP contribution in [0, 0.1) is 60.7 Å². The van der Waals surface area contributed by atoms with Gasteiger partial charge in [0.15, 0.2) is 11.4 Å². The smallest absolute Gasteiger partial charge is 0.306 e. The number of benzene rings is 2. The fourth-order valence-electron chi connectivity index (χ4n) is 3.16. The molecule has 0 bridgehead atoms. The van der Waals surface area contributed by atoms with Gasteiger partial charge in [-0.3, -0.25) is 60.7 Å². The van der Waals surface area contributed by atoms with Crippen LogP contribution < -0.4 is 10.6 Å². The molecule has 0 heterocycles. The third-order valence-corrected chi connectivity index (χ3v) is 4.84. The Balaban J connectivity index is 1.85. The molecular weight excluding hydrogens is 552 g/mol. The summed E-state index contributed by atoms with van der Waals surface area (Å²) < 4.78 is 10.4. The summed E-state index contributed by atoms with van der Waals surface area (Å²) in [5, 5.41) is 71.7. The van der Waals surface area contributed by atoms with Gasteiger partial charge in [-0.2, -0.15) is 0 Å². The van der Waals surface area contributed by atoms with Gasteiger partial charge in [-0.25, -0.2) is 0 Å². The zero-order chi connectivity index (χ0) is 30.0. The maximum Gasteiger partial charge on any atom is 0.306 e. The number of nitro benzene ring substituents is 6. The molecule has 0 aliphatic carbocycles. The average molecular weight is 570 g/mol. The van der Waals surface area contributed by atoms with Gasteiger partial charge in [0, 0.05) is 13.1 Å². The van der Waals surface area contributed by atoms with Gasteiger partial charge in [-0.05, 0) is 0 Å². The van der Waals surface area contributed by atoms with E-state index in [1.807, 2.05) is 0 Å². The number of ether oxygens (including phenoxy) is 2. The molecule has 0 aromatic heterocycles. The number of nitro groups is 6. The number of hydrogen-bond donors (Lipinski definition) is 2. The third kappa shape index (κ3) is 7.93. The second kappa shape index (κ2) is 13.8. The topological polar surface area (TPSA) is 301 Å². The minimum atomic E-state index is -1.01. The molecule has 0 amide bonds. The molecule has 2 aromatic carbocycles. The molecule has 0 radical (unpaired) electrons. The Hall–Kier alpha value is -5.64. The number of nitrogens with zero attached hydrogens (tertiary/aromatic N) is 6. The summed E-state index contributed by atoms with van der Waals surface area (Å²) in [6.45, 7) is -0.626. The fraction of sp³-hybridized carbons (Fsp3) is 0.333. The van der Waals surface area contributed by atoms with Crippen molar-refractivity contribution in [2.75, 3.05) is 50.2 Å². The number of anilines is 2. The van der Waals surface area contributed by atoms with Crippen LogP contribution in [0.25, 0.3) is 0 Å². The minimum absolute atomic E-state index is 0.0377. The van der Waals surface area contributed by atoms with Crippen LogP contribution in [0.5, 0.6) is 0 Å². The van der Waals surface area contributed by atoms with E-state index in [1.54, 1.807) is 0 Å². The van der Waals surface area contributed by atoms with Crippen LogP contribution in [-0.2, 0) is 9.47 Å². The lowest BCUT2D eigenvalue weighted by atomic mass is 10.2. The highest BCUT2D eigenvalue weighted by Crippen LogP contribution is 2.39. The first kappa shape index (κ1) is 30.6. The van der Waals surface area contributed by atoms with Crippen molar-refractivity contribution in [3.63, 3.8) is 0 Å². The molecule has 0 unspecified atom stereocenters. The monoisotopic (exact) mass is 570 g/mol. The van der Waals surface area contributed by atoms with Gasteiger partial charge in [0.2, 0.25) is 0 Å². The van der Waals surface area contributed by atoms with Crippen molar-refractivity contribution in [3.05, 3.63) is 85.0 Å². The first-order valence-corrected chi connectivity index (χ1v) is 10.7. The highest BCUT2D eigenvalue weighted by atomic mass is 16.6. The molecule has 0 saturated carbocycles. The van der Waals surface area contributed by atoms with Crippen molar-refractivity contribution in [1.82, 2.24) is 0 Å². The molecule has 2 N–H and O–H groups in total. The SMILES string of the molecule is O=[N+]([O-])c1cc([N+](=O)[O-])c(NCCOCCOCCNc2c([N+](=O)[O-])cc([N+](=O)[O-])cc2[N+](=O)[O-])c([N+](=O)[O-])c1. The van der Waals surface area contributed by atoms with Crippen LogP contribution in [0.3, 0.4) is 0 Å². The summed E-state index contributed by atoms with van der Waals surface area (Å²) in [4.78, 5) is 60.7. The van der Waals surface area contributed by atoms with E-state index in [-0.39, 0.29) is 39.5 Å². The fourth-order valence-corrected chi connectivity index (χ4v) is 3.16. The van der Waals surface area contributed by atoms with Crippen LogP contribution in [0.15, 0.2) is 24.3 Å². The highest BCUT2D eigenvalue weighted by molar-refractivity contribution is 5.77. The number of nitrogens with one attached hydrogen (secondary N) is 2. The highest BCUT2D eigenvalue weighted by Gasteiger charge is 2.31. The van der Waals surface area contributed by atoms with E-state index in [9.17, 15) is 60.7 Å². The van der Waals surface area contributed by atoms with E-state index in [0.717, 1.165) is 0 Å². The Labute approximate surface area is 220 Å². The number of non-ortho nitro benzene ring substituents is 2. The van der Waals surface area contributed by atoms with Gasteiger partial charge in [0.25, 0.3) is 11.4 Å². The predicted molar refractivity (Wildman–Crippen MR) is 131 cm³/mol. The predicted octanol–water partition coefficient (Wildman–Crippen LogP) is 2.69. The van der Waals surface area contributed by atoms with Crippen molar-refractivity contribution in [2.24, 2.45) is 0 Å². The lowest BCUT2D eigenvalue weighted by molar-refractivity contribution is -0.402. The van der Waals surface area contributed by atoms with Gasteiger partial charge in [-0.1, -0.05) is 0 Å².